The molecular weight excluding hydrogens is 431 g/mol. The van der Waals surface area contributed by atoms with Crippen LogP contribution >= 0.6 is 23.2 Å². The third-order valence-electron chi connectivity index (χ3n) is 5.91. The first kappa shape index (κ1) is 23.6. The average Bonchev–Trinajstić information content (AvgIpc) is 3.23. The number of carbonyl (C=O) groups is 2. The Bertz CT molecular complexity index is 905. The van der Waals surface area contributed by atoms with Gasteiger partial charge in [-0.2, -0.15) is 0 Å². The smallest absolute Gasteiger partial charge is 0.243 e. The zero-order valence-corrected chi connectivity index (χ0v) is 19.7. The van der Waals surface area contributed by atoms with Crippen LogP contribution in [0.4, 0.5) is 0 Å². The summed E-state index contributed by atoms with van der Waals surface area (Å²) in [6, 6.07) is 12.9. The molecule has 0 heterocycles. The number of halogens is 2. The number of rotatable bonds is 8. The quantitative estimate of drug-likeness (QED) is 0.548. The van der Waals surface area contributed by atoms with Gasteiger partial charge in [0.05, 0.1) is 6.42 Å². The van der Waals surface area contributed by atoms with Crippen LogP contribution in [0.25, 0.3) is 0 Å². The molecule has 0 radical (unpaired) electrons. The number of nitrogens with zero attached hydrogens (tertiary/aromatic N) is 1. The third kappa shape index (κ3) is 6.24. The lowest BCUT2D eigenvalue weighted by Crippen LogP contribution is -2.51. The topological polar surface area (TPSA) is 49.4 Å². The minimum atomic E-state index is -0.546. The van der Waals surface area contributed by atoms with Gasteiger partial charge in [-0.25, -0.2) is 0 Å². The highest BCUT2D eigenvalue weighted by Gasteiger charge is 2.31. The number of nitrogens with one attached hydrogen (secondary N) is 1. The highest BCUT2D eigenvalue weighted by Crippen LogP contribution is 2.26. The summed E-state index contributed by atoms with van der Waals surface area (Å²) in [5.41, 5.74) is 2.70. The van der Waals surface area contributed by atoms with Gasteiger partial charge in [-0.15, -0.1) is 0 Å². The molecule has 1 aliphatic rings. The first-order chi connectivity index (χ1) is 14.9. The van der Waals surface area contributed by atoms with Crippen molar-refractivity contribution in [2.75, 3.05) is 0 Å². The van der Waals surface area contributed by atoms with Gasteiger partial charge in [-0.1, -0.05) is 78.9 Å². The van der Waals surface area contributed by atoms with E-state index in [0.29, 0.717) is 28.6 Å². The van der Waals surface area contributed by atoms with Crippen LogP contribution in [0.3, 0.4) is 0 Å². The molecule has 1 N–H and O–H groups in total. The van der Waals surface area contributed by atoms with Crippen LogP contribution in [-0.4, -0.2) is 28.8 Å². The molecule has 0 aliphatic heterocycles. The summed E-state index contributed by atoms with van der Waals surface area (Å²) >= 11 is 12.6. The minimum Gasteiger partial charge on any atom is -0.352 e. The third-order valence-corrected chi connectivity index (χ3v) is 6.62. The van der Waals surface area contributed by atoms with Crippen molar-refractivity contribution in [2.24, 2.45) is 0 Å². The second-order valence-corrected chi connectivity index (χ2v) is 9.12. The van der Waals surface area contributed by atoms with Gasteiger partial charge in [0.15, 0.2) is 0 Å². The molecule has 6 heteroatoms. The SMILES string of the molecule is CC[C@H](C(=O)NC1CCCC1)N(Cc1cccc(C)c1)C(=O)Cc1c(Cl)cccc1Cl. The first-order valence-corrected chi connectivity index (χ1v) is 11.7. The van der Waals surface area contributed by atoms with Crippen molar-refractivity contribution in [3.8, 4) is 0 Å². The molecule has 1 aliphatic carbocycles. The summed E-state index contributed by atoms with van der Waals surface area (Å²) in [5.74, 6) is -0.245. The highest BCUT2D eigenvalue weighted by molar-refractivity contribution is 6.36. The molecular formula is C25H30Cl2N2O2. The maximum atomic E-state index is 13.5. The lowest BCUT2D eigenvalue weighted by molar-refractivity contribution is -0.141. The molecule has 1 fully saturated rings. The lowest BCUT2D eigenvalue weighted by atomic mass is 10.0. The van der Waals surface area contributed by atoms with Crippen molar-refractivity contribution in [3.63, 3.8) is 0 Å². The van der Waals surface area contributed by atoms with E-state index in [2.05, 4.69) is 5.32 Å². The zero-order valence-electron chi connectivity index (χ0n) is 18.2. The average molecular weight is 461 g/mol. The van der Waals surface area contributed by atoms with Gasteiger partial charge >= 0.3 is 0 Å². The molecule has 2 aromatic carbocycles. The lowest BCUT2D eigenvalue weighted by Gasteiger charge is -2.32. The largest absolute Gasteiger partial charge is 0.352 e. The highest BCUT2D eigenvalue weighted by atomic mass is 35.5. The first-order valence-electron chi connectivity index (χ1n) is 11.0. The van der Waals surface area contributed by atoms with E-state index in [1.165, 1.54) is 0 Å². The Balaban J connectivity index is 1.86. The Morgan fingerprint density at radius 3 is 2.35 bits per heavy atom. The number of hydrogen-bond acceptors (Lipinski definition) is 2. The molecule has 1 atom stereocenters. The van der Waals surface area contributed by atoms with Crippen LogP contribution in [0.15, 0.2) is 42.5 Å². The molecule has 31 heavy (non-hydrogen) atoms. The fraction of sp³-hybridized carbons (Fsp3) is 0.440. The maximum Gasteiger partial charge on any atom is 0.243 e. The van der Waals surface area contributed by atoms with Crippen LogP contribution in [0.5, 0.6) is 0 Å². The van der Waals surface area contributed by atoms with Gasteiger partial charge in [0.2, 0.25) is 11.8 Å². The maximum absolute atomic E-state index is 13.5. The molecule has 166 valence electrons. The van der Waals surface area contributed by atoms with E-state index in [1.54, 1.807) is 23.1 Å². The molecule has 0 aromatic heterocycles. The van der Waals surface area contributed by atoms with Gasteiger partial charge < -0.3 is 10.2 Å². The summed E-state index contributed by atoms with van der Waals surface area (Å²) in [4.78, 5) is 28.3. The van der Waals surface area contributed by atoms with Gasteiger partial charge in [0.25, 0.3) is 0 Å². The Hall–Kier alpha value is -2.04. The van der Waals surface area contributed by atoms with Crippen LogP contribution < -0.4 is 5.32 Å². The Morgan fingerprint density at radius 1 is 1.10 bits per heavy atom. The molecule has 3 rings (SSSR count). The van der Waals surface area contributed by atoms with E-state index in [-0.39, 0.29) is 24.3 Å². The van der Waals surface area contributed by atoms with Crippen LogP contribution in [0.1, 0.15) is 55.7 Å². The van der Waals surface area contributed by atoms with Crippen molar-refractivity contribution in [1.29, 1.82) is 0 Å². The zero-order chi connectivity index (χ0) is 22.4. The number of amides is 2. The number of hydrogen-bond donors (Lipinski definition) is 1. The monoisotopic (exact) mass is 460 g/mol. The minimum absolute atomic E-state index is 0.0531. The van der Waals surface area contributed by atoms with E-state index in [4.69, 9.17) is 23.2 Å². The van der Waals surface area contributed by atoms with Crippen molar-refractivity contribution >= 4 is 35.0 Å². The van der Waals surface area contributed by atoms with E-state index in [9.17, 15) is 9.59 Å². The van der Waals surface area contributed by atoms with E-state index < -0.39 is 6.04 Å². The van der Waals surface area contributed by atoms with Crippen LogP contribution in [0.2, 0.25) is 10.0 Å². The number of carbonyl (C=O) groups excluding carboxylic acids is 2. The molecule has 2 amide bonds. The number of benzene rings is 2. The standard InChI is InChI=1S/C25H30Cl2N2O2/c1-3-23(25(31)28-19-10-4-5-11-19)29(16-18-9-6-8-17(2)14-18)24(30)15-20-21(26)12-7-13-22(20)27/h6-9,12-14,19,23H,3-5,10-11,15-16H2,1-2H3,(H,28,31)/t23-/m1/s1. The van der Waals surface area contributed by atoms with E-state index in [1.807, 2.05) is 38.1 Å². The molecule has 0 unspecified atom stereocenters. The van der Waals surface area contributed by atoms with E-state index in [0.717, 1.165) is 36.8 Å². The summed E-state index contributed by atoms with van der Waals surface area (Å²) in [6.45, 7) is 4.32. The van der Waals surface area contributed by atoms with Crippen molar-refractivity contribution in [2.45, 2.75) is 71.0 Å². The second kappa shape index (κ2) is 11.0. The summed E-state index contributed by atoms with van der Waals surface area (Å²) < 4.78 is 0. The normalized spacial score (nSPS) is 15.0. The van der Waals surface area contributed by atoms with Crippen LogP contribution in [0, 0.1) is 6.92 Å². The number of aryl methyl sites for hydroxylation is 1. The Kier molecular flexibility index (Phi) is 8.39. The predicted octanol–water partition coefficient (Wildman–Crippen LogP) is 5.71. The van der Waals surface area contributed by atoms with Crippen molar-refractivity contribution < 1.29 is 9.59 Å². The van der Waals surface area contributed by atoms with Crippen LogP contribution in [-0.2, 0) is 22.6 Å². The second-order valence-electron chi connectivity index (χ2n) is 8.30. The molecule has 0 saturated heterocycles. The van der Waals surface area contributed by atoms with Gasteiger partial charge in [0.1, 0.15) is 6.04 Å². The Morgan fingerprint density at radius 2 is 1.74 bits per heavy atom. The summed E-state index contributed by atoms with van der Waals surface area (Å²) in [6.07, 6.45) is 4.87. The predicted molar refractivity (Wildman–Crippen MR) is 126 cm³/mol. The van der Waals surface area contributed by atoms with Crippen molar-refractivity contribution in [1.82, 2.24) is 10.2 Å². The Labute approximate surface area is 194 Å². The van der Waals surface area contributed by atoms with Crippen molar-refractivity contribution in [3.05, 3.63) is 69.2 Å². The summed E-state index contributed by atoms with van der Waals surface area (Å²) in [5, 5.41) is 4.08. The molecule has 4 nitrogen and oxygen atoms in total. The summed E-state index contributed by atoms with van der Waals surface area (Å²) in [7, 11) is 0. The molecule has 2 aromatic rings. The molecule has 0 spiro atoms. The fourth-order valence-electron chi connectivity index (χ4n) is 4.25. The van der Waals surface area contributed by atoms with E-state index >= 15 is 0 Å². The fourth-order valence-corrected chi connectivity index (χ4v) is 4.78. The molecule has 1 saturated carbocycles. The van der Waals surface area contributed by atoms with Gasteiger partial charge in [-0.05, 0) is 49.4 Å². The molecule has 0 bridgehead atoms. The van der Waals surface area contributed by atoms with Gasteiger partial charge in [-0.3, -0.25) is 9.59 Å². The van der Waals surface area contributed by atoms with Gasteiger partial charge in [0, 0.05) is 22.6 Å².